The van der Waals surface area contributed by atoms with Crippen molar-refractivity contribution in [2.24, 2.45) is 0 Å². The summed E-state index contributed by atoms with van der Waals surface area (Å²) in [5.74, 6) is 1.63. The lowest BCUT2D eigenvalue weighted by molar-refractivity contribution is 0.243. The number of hydrogen-bond donors (Lipinski definition) is 1. The van der Waals surface area contributed by atoms with E-state index in [0.29, 0.717) is 0 Å². The van der Waals surface area contributed by atoms with Crippen LogP contribution < -0.4 is 0 Å². The first-order valence-electron chi connectivity index (χ1n) is 4.47. The zero-order chi connectivity index (χ0) is 8.97. The lowest BCUT2D eigenvalue weighted by atomic mass is 10.1. The third-order valence-electron chi connectivity index (χ3n) is 1.96. The molecule has 12 heavy (non-hydrogen) atoms. The van der Waals surface area contributed by atoms with Gasteiger partial charge in [-0.2, -0.15) is 0 Å². The molecule has 1 aromatic rings. The van der Waals surface area contributed by atoms with Crippen LogP contribution in [0, 0.1) is 6.92 Å². The van der Waals surface area contributed by atoms with Gasteiger partial charge in [-0.05, 0) is 31.4 Å². The van der Waals surface area contributed by atoms with Crippen molar-refractivity contribution in [2.45, 2.75) is 39.7 Å². The van der Waals surface area contributed by atoms with Gasteiger partial charge in [0.15, 0.2) is 0 Å². The molecule has 1 aromatic heterocycles. The van der Waals surface area contributed by atoms with Gasteiger partial charge in [-0.3, -0.25) is 0 Å². The summed E-state index contributed by atoms with van der Waals surface area (Å²) in [5, 5.41) is 8.94. The molecule has 0 aliphatic rings. The number of rotatable bonds is 4. The van der Waals surface area contributed by atoms with Gasteiger partial charge < -0.3 is 9.52 Å². The molecule has 0 atom stereocenters. The van der Waals surface area contributed by atoms with Gasteiger partial charge in [-0.25, -0.2) is 0 Å². The van der Waals surface area contributed by atoms with Gasteiger partial charge in [-0.1, -0.05) is 13.3 Å². The van der Waals surface area contributed by atoms with E-state index in [0.717, 1.165) is 29.9 Å². The number of furan rings is 1. The third kappa shape index (κ3) is 2.11. The van der Waals surface area contributed by atoms with Crippen molar-refractivity contribution >= 4 is 0 Å². The minimum absolute atomic E-state index is 0.0207. The summed E-state index contributed by atoms with van der Waals surface area (Å²) < 4.78 is 5.31. The van der Waals surface area contributed by atoms with Crippen molar-refractivity contribution in [3.05, 3.63) is 23.2 Å². The average molecular weight is 168 g/mol. The largest absolute Gasteiger partial charge is 0.464 e. The van der Waals surface area contributed by atoms with Gasteiger partial charge in [0.2, 0.25) is 0 Å². The van der Waals surface area contributed by atoms with Gasteiger partial charge in [0.25, 0.3) is 0 Å². The molecular weight excluding hydrogens is 152 g/mol. The standard InChI is InChI=1S/C10H16O2/c1-3-4-5-9-6-8(2)12-10(9)7-11/h6,11H,3-5,7H2,1-2H3. The van der Waals surface area contributed by atoms with E-state index in [1.807, 2.05) is 13.0 Å². The normalized spacial score (nSPS) is 10.6. The maximum Gasteiger partial charge on any atom is 0.132 e. The Balaban J connectivity index is 2.68. The molecule has 0 aromatic carbocycles. The van der Waals surface area contributed by atoms with E-state index in [1.165, 1.54) is 6.42 Å². The van der Waals surface area contributed by atoms with Gasteiger partial charge in [-0.15, -0.1) is 0 Å². The van der Waals surface area contributed by atoms with Crippen molar-refractivity contribution in [1.82, 2.24) is 0 Å². The lowest BCUT2D eigenvalue weighted by Gasteiger charge is -1.96. The van der Waals surface area contributed by atoms with E-state index >= 15 is 0 Å². The fourth-order valence-corrected chi connectivity index (χ4v) is 1.33. The minimum atomic E-state index is 0.0207. The predicted molar refractivity (Wildman–Crippen MR) is 48.0 cm³/mol. The topological polar surface area (TPSA) is 33.4 Å². The first-order valence-corrected chi connectivity index (χ1v) is 4.47. The maximum atomic E-state index is 8.94. The second-order valence-corrected chi connectivity index (χ2v) is 3.07. The molecule has 0 aliphatic heterocycles. The smallest absolute Gasteiger partial charge is 0.132 e. The van der Waals surface area contributed by atoms with E-state index < -0.39 is 0 Å². The fraction of sp³-hybridized carbons (Fsp3) is 0.600. The molecule has 1 heterocycles. The monoisotopic (exact) mass is 168 g/mol. The molecule has 0 radical (unpaired) electrons. The Hall–Kier alpha value is -0.760. The first-order chi connectivity index (χ1) is 5.77. The second kappa shape index (κ2) is 4.31. The summed E-state index contributed by atoms with van der Waals surface area (Å²) in [6, 6.07) is 2.02. The quantitative estimate of drug-likeness (QED) is 0.749. The van der Waals surface area contributed by atoms with Crippen LogP contribution in [0.3, 0.4) is 0 Å². The third-order valence-corrected chi connectivity index (χ3v) is 1.96. The van der Waals surface area contributed by atoms with Gasteiger partial charge in [0.05, 0.1) is 0 Å². The summed E-state index contributed by atoms with van der Waals surface area (Å²) in [6.07, 6.45) is 3.35. The van der Waals surface area contributed by atoms with Crippen LogP contribution in [0.5, 0.6) is 0 Å². The Morgan fingerprint density at radius 2 is 2.25 bits per heavy atom. The van der Waals surface area contributed by atoms with Crippen molar-refractivity contribution in [3.8, 4) is 0 Å². The first kappa shape index (κ1) is 9.33. The second-order valence-electron chi connectivity index (χ2n) is 3.07. The van der Waals surface area contributed by atoms with Crippen molar-refractivity contribution in [1.29, 1.82) is 0 Å². The van der Waals surface area contributed by atoms with Crippen LogP contribution in [0.15, 0.2) is 10.5 Å². The maximum absolute atomic E-state index is 8.94. The molecule has 0 unspecified atom stereocenters. The highest BCUT2D eigenvalue weighted by Gasteiger charge is 2.06. The Morgan fingerprint density at radius 1 is 1.50 bits per heavy atom. The molecule has 0 aliphatic carbocycles. The van der Waals surface area contributed by atoms with Crippen LogP contribution in [-0.4, -0.2) is 5.11 Å². The number of unbranched alkanes of at least 4 members (excludes halogenated alkanes) is 1. The van der Waals surface area contributed by atoms with Crippen LogP contribution in [0.1, 0.15) is 36.8 Å². The van der Waals surface area contributed by atoms with Gasteiger partial charge in [0.1, 0.15) is 18.1 Å². The lowest BCUT2D eigenvalue weighted by Crippen LogP contribution is -1.88. The van der Waals surface area contributed by atoms with Crippen molar-refractivity contribution in [2.75, 3.05) is 0 Å². The Morgan fingerprint density at radius 3 is 2.83 bits per heavy atom. The molecular formula is C10H16O2. The highest BCUT2D eigenvalue weighted by atomic mass is 16.4. The van der Waals surface area contributed by atoms with E-state index in [1.54, 1.807) is 0 Å². The zero-order valence-corrected chi connectivity index (χ0v) is 7.76. The van der Waals surface area contributed by atoms with Gasteiger partial charge >= 0.3 is 0 Å². The number of hydrogen-bond acceptors (Lipinski definition) is 2. The van der Waals surface area contributed by atoms with Crippen molar-refractivity contribution in [3.63, 3.8) is 0 Å². The van der Waals surface area contributed by atoms with Crippen LogP contribution in [0.25, 0.3) is 0 Å². The number of aliphatic hydroxyl groups excluding tert-OH is 1. The molecule has 0 bridgehead atoms. The molecule has 0 spiro atoms. The highest BCUT2D eigenvalue weighted by molar-refractivity contribution is 5.20. The predicted octanol–water partition coefficient (Wildman–Crippen LogP) is 2.42. The molecule has 0 fully saturated rings. The molecule has 2 nitrogen and oxygen atoms in total. The fourth-order valence-electron chi connectivity index (χ4n) is 1.33. The average Bonchev–Trinajstić information content (AvgIpc) is 2.42. The minimum Gasteiger partial charge on any atom is -0.464 e. The SMILES string of the molecule is CCCCc1cc(C)oc1CO. The number of aryl methyl sites for hydroxylation is 2. The Kier molecular flexibility index (Phi) is 3.35. The highest BCUT2D eigenvalue weighted by Crippen LogP contribution is 2.17. The van der Waals surface area contributed by atoms with Crippen LogP contribution in [0.4, 0.5) is 0 Å². The summed E-state index contributed by atoms with van der Waals surface area (Å²) >= 11 is 0. The van der Waals surface area contributed by atoms with E-state index in [2.05, 4.69) is 6.92 Å². The Bertz CT molecular complexity index is 238. The molecule has 68 valence electrons. The summed E-state index contributed by atoms with van der Waals surface area (Å²) in [7, 11) is 0. The number of aliphatic hydroxyl groups is 1. The van der Waals surface area contributed by atoms with Gasteiger partial charge in [0, 0.05) is 0 Å². The molecule has 1 rings (SSSR count). The molecule has 1 N–H and O–H groups in total. The van der Waals surface area contributed by atoms with Crippen molar-refractivity contribution < 1.29 is 9.52 Å². The molecule has 2 heteroatoms. The summed E-state index contributed by atoms with van der Waals surface area (Å²) in [6.45, 7) is 4.09. The van der Waals surface area contributed by atoms with E-state index in [-0.39, 0.29) is 6.61 Å². The molecule has 0 saturated carbocycles. The van der Waals surface area contributed by atoms with E-state index in [4.69, 9.17) is 9.52 Å². The van der Waals surface area contributed by atoms with Crippen LogP contribution in [-0.2, 0) is 13.0 Å². The molecule has 0 amide bonds. The summed E-state index contributed by atoms with van der Waals surface area (Å²) in [4.78, 5) is 0. The molecule has 0 saturated heterocycles. The Labute approximate surface area is 73.2 Å². The van der Waals surface area contributed by atoms with Crippen LogP contribution in [0.2, 0.25) is 0 Å². The summed E-state index contributed by atoms with van der Waals surface area (Å²) in [5.41, 5.74) is 1.16. The zero-order valence-electron chi connectivity index (χ0n) is 7.76. The van der Waals surface area contributed by atoms with Crippen LogP contribution >= 0.6 is 0 Å². The van der Waals surface area contributed by atoms with E-state index in [9.17, 15) is 0 Å².